The SMILES string of the molecule is CN1CCN(C(=S)Nc2nc(-c3ccccc3)cs2)CC1. The van der Waals surface area contributed by atoms with Crippen LogP contribution in [0.1, 0.15) is 0 Å². The number of hydrogen-bond acceptors (Lipinski definition) is 4. The van der Waals surface area contributed by atoms with Crippen LogP contribution in [0.3, 0.4) is 0 Å². The first kappa shape index (κ1) is 14.4. The first-order valence-corrected chi connectivity index (χ1v) is 8.26. The lowest BCUT2D eigenvalue weighted by Crippen LogP contribution is -2.48. The monoisotopic (exact) mass is 318 g/mol. The molecule has 0 saturated carbocycles. The van der Waals surface area contributed by atoms with Crippen LogP contribution in [0.4, 0.5) is 5.13 Å². The standard InChI is InChI=1S/C15H18N4S2/c1-18-7-9-19(10-8-18)15(20)17-14-16-13(11-21-14)12-5-3-2-4-6-12/h2-6,11H,7-10H2,1H3,(H,16,17,20). The molecule has 0 amide bonds. The van der Waals surface area contributed by atoms with Crippen molar-refractivity contribution in [3.8, 4) is 11.3 Å². The second kappa shape index (κ2) is 6.51. The van der Waals surface area contributed by atoms with Gasteiger partial charge in [-0.25, -0.2) is 4.98 Å². The largest absolute Gasteiger partial charge is 0.346 e. The van der Waals surface area contributed by atoms with Gasteiger partial charge in [-0.1, -0.05) is 30.3 Å². The molecule has 0 spiro atoms. The van der Waals surface area contributed by atoms with Crippen LogP contribution in [0, 0.1) is 0 Å². The van der Waals surface area contributed by atoms with Crippen LogP contribution in [0.5, 0.6) is 0 Å². The zero-order valence-corrected chi connectivity index (χ0v) is 13.6. The molecule has 0 aliphatic carbocycles. The van der Waals surface area contributed by atoms with Gasteiger partial charge in [0, 0.05) is 37.1 Å². The number of likely N-dealkylation sites (N-methyl/N-ethyl adjacent to an activating group) is 1. The average molecular weight is 318 g/mol. The number of thiazole rings is 1. The van der Waals surface area contributed by atoms with Crippen molar-refractivity contribution in [1.82, 2.24) is 14.8 Å². The van der Waals surface area contributed by atoms with E-state index in [1.165, 1.54) is 0 Å². The van der Waals surface area contributed by atoms with Crippen molar-refractivity contribution in [2.24, 2.45) is 0 Å². The third-order valence-corrected chi connectivity index (χ3v) is 4.70. The number of nitrogens with zero attached hydrogens (tertiary/aromatic N) is 3. The smallest absolute Gasteiger partial charge is 0.189 e. The molecule has 1 aromatic heterocycles. The maximum atomic E-state index is 5.48. The van der Waals surface area contributed by atoms with Gasteiger partial charge in [0.2, 0.25) is 0 Å². The van der Waals surface area contributed by atoms with Crippen molar-refractivity contribution in [3.63, 3.8) is 0 Å². The summed E-state index contributed by atoms with van der Waals surface area (Å²) < 4.78 is 0. The fourth-order valence-corrected chi connectivity index (χ4v) is 3.32. The topological polar surface area (TPSA) is 31.4 Å². The van der Waals surface area contributed by atoms with Crippen molar-refractivity contribution < 1.29 is 0 Å². The quantitative estimate of drug-likeness (QED) is 0.861. The highest BCUT2D eigenvalue weighted by molar-refractivity contribution is 7.80. The number of thiocarbonyl (C=S) groups is 1. The van der Waals surface area contributed by atoms with E-state index in [0.717, 1.165) is 47.7 Å². The lowest BCUT2D eigenvalue weighted by atomic mass is 10.2. The third kappa shape index (κ3) is 3.58. The highest BCUT2D eigenvalue weighted by Gasteiger charge is 2.17. The molecule has 3 rings (SSSR count). The van der Waals surface area contributed by atoms with Crippen molar-refractivity contribution >= 4 is 33.8 Å². The number of benzene rings is 1. The molecule has 0 unspecified atom stereocenters. The van der Waals surface area contributed by atoms with Crippen LogP contribution in [-0.4, -0.2) is 53.1 Å². The lowest BCUT2D eigenvalue weighted by molar-refractivity contribution is 0.217. The third-order valence-electron chi connectivity index (χ3n) is 3.58. The van der Waals surface area contributed by atoms with Crippen LogP contribution in [-0.2, 0) is 0 Å². The van der Waals surface area contributed by atoms with Gasteiger partial charge in [-0.05, 0) is 19.3 Å². The molecule has 1 saturated heterocycles. The molecule has 21 heavy (non-hydrogen) atoms. The molecule has 1 fully saturated rings. The Labute approximate surface area is 134 Å². The fraction of sp³-hybridized carbons (Fsp3) is 0.333. The first-order valence-electron chi connectivity index (χ1n) is 6.98. The van der Waals surface area contributed by atoms with E-state index >= 15 is 0 Å². The number of piperazine rings is 1. The summed E-state index contributed by atoms with van der Waals surface area (Å²) in [5, 5.41) is 6.96. The lowest BCUT2D eigenvalue weighted by Gasteiger charge is -2.33. The van der Waals surface area contributed by atoms with E-state index in [0.29, 0.717) is 0 Å². The maximum absolute atomic E-state index is 5.48. The minimum atomic E-state index is 0.775. The van der Waals surface area contributed by atoms with E-state index in [2.05, 4.69) is 44.7 Å². The number of anilines is 1. The molecule has 1 aromatic carbocycles. The van der Waals surface area contributed by atoms with Gasteiger partial charge in [-0.2, -0.15) is 0 Å². The van der Waals surface area contributed by atoms with E-state index in [1.54, 1.807) is 11.3 Å². The zero-order valence-electron chi connectivity index (χ0n) is 12.0. The molecular formula is C15H18N4S2. The number of rotatable bonds is 2. The molecule has 4 nitrogen and oxygen atoms in total. The van der Waals surface area contributed by atoms with E-state index in [-0.39, 0.29) is 0 Å². The van der Waals surface area contributed by atoms with Crippen LogP contribution < -0.4 is 5.32 Å². The molecule has 0 atom stereocenters. The van der Waals surface area contributed by atoms with E-state index < -0.39 is 0 Å². The Morgan fingerprint density at radius 2 is 1.90 bits per heavy atom. The molecule has 2 aromatic rings. The van der Waals surface area contributed by atoms with Crippen LogP contribution >= 0.6 is 23.6 Å². The van der Waals surface area contributed by atoms with Crippen LogP contribution in [0.2, 0.25) is 0 Å². The molecule has 1 aliphatic rings. The van der Waals surface area contributed by atoms with Gasteiger partial charge in [0.25, 0.3) is 0 Å². The van der Waals surface area contributed by atoms with Gasteiger partial charge >= 0.3 is 0 Å². The van der Waals surface area contributed by atoms with Gasteiger partial charge in [0.15, 0.2) is 10.2 Å². The minimum Gasteiger partial charge on any atom is -0.346 e. The van der Waals surface area contributed by atoms with Crippen LogP contribution in [0.25, 0.3) is 11.3 Å². The van der Waals surface area contributed by atoms with Gasteiger partial charge in [0.1, 0.15) is 0 Å². The molecule has 6 heteroatoms. The fourth-order valence-electron chi connectivity index (χ4n) is 2.25. The van der Waals surface area contributed by atoms with Gasteiger partial charge in [-0.15, -0.1) is 11.3 Å². The highest BCUT2D eigenvalue weighted by atomic mass is 32.1. The van der Waals surface area contributed by atoms with Crippen LogP contribution in [0.15, 0.2) is 35.7 Å². The van der Waals surface area contributed by atoms with Crippen molar-refractivity contribution in [2.75, 3.05) is 38.5 Å². The summed E-state index contributed by atoms with van der Waals surface area (Å²) in [5.41, 5.74) is 2.12. The molecule has 0 radical (unpaired) electrons. The van der Waals surface area contributed by atoms with Gasteiger partial charge < -0.3 is 15.1 Å². The normalized spacial score (nSPS) is 16.0. The Balaban J connectivity index is 1.63. The summed E-state index contributed by atoms with van der Waals surface area (Å²) in [6.07, 6.45) is 0. The summed E-state index contributed by atoms with van der Waals surface area (Å²) in [5.74, 6) is 0. The van der Waals surface area contributed by atoms with Gasteiger partial charge in [-0.3, -0.25) is 0 Å². The van der Waals surface area contributed by atoms with E-state index in [9.17, 15) is 0 Å². The summed E-state index contributed by atoms with van der Waals surface area (Å²) >= 11 is 7.07. The number of hydrogen-bond donors (Lipinski definition) is 1. The second-order valence-electron chi connectivity index (χ2n) is 5.12. The van der Waals surface area contributed by atoms with Crippen molar-refractivity contribution in [3.05, 3.63) is 35.7 Å². The predicted molar refractivity (Wildman–Crippen MR) is 92.8 cm³/mol. The Hall–Kier alpha value is -1.50. The molecule has 1 aliphatic heterocycles. The summed E-state index contributed by atoms with van der Waals surface area (Å²) in [4.78, 5) is 9.14. The summed E-state index contributed by atoms with van der Waals surface area (Å²) in [6, 6.07) is 10.2. The zero-order chi connectivity index (χ0) is 14.7. The second-order valence-corrected chi connectivity index (χ2v) is 6.37. The highest BCUT2D eigenvalue weighted by Crippen LogP contribution is 2.24. The Morgan fingerprint density at radius 3 is 2.62 bits per heavy atom. The minimum absolute atomic E-state index is 0.775. The molecule has 110 valence electrons. The van der Waals surface area contributed by atoms with Crippen molar-refractivity contribution in [2.45, 2.75) is 0 Å². The Morgan fingerprint density at radius 1 is 1.19 bits per heavy atom. The Kier molecular flexibility index (Phi) is 4.48. The average Bonchev–Trinajstić information content (AvgIpc) is 2.97. The maximum Gasteiger partial charge on any atom is 0.189 e. The molecule has 2 heterocycles. The van der Waals surface area contributed by atoms with E-state index in [4.69, 9.17) is 12.2 Å². The Bertz CT molecular complexity index is 603. The van der Waals surface area contributed by atoms with E-state index in [1.807, 2.05) is 18.2 Å². The molecular weight excluding hydrogens is 300 g/mol. The first-order chi connectivity index (χ1) is 10.2. The summed E-state index contributed by atoms with van der Waals surface area (Å²) in [7, 11) is 2.14. The van der Waals surface area contributed by atoms with Gasteiger partial charge in [0.05, 0.1) is 5.69 Å². The predicted octanol–water partition coefficient (Wildman–Crippen LogP) is 2.75. The molecule has 1 N–H and O–H groups in total. The van der Waals surface area contributed by atoms with Crippen molar-refractivity contribution in [1.29, 1.82) is 0 Å². The molecule has 0 bridgehead atoms. The number of aromatic nitrogens is 1. The summed E-state index contributed by atoms with van der Waals surface area (Å²) in [6.45, 7) is 4.04. The number of nitrogens with one attached hydrogen (secondary N) is 1.